The molecule has 3 rings (SSSR count). The molecule has 0 radical (unpaired) electrons. The monoisotopic (exact) mass is 391 g/mol. The lowest BCUT2D eigenvalue weighted by molar-refractivity contribution is -0.155. The number of anilines is 1. The molecule has 0 saturated heterocycles. The zero-order chi connectivity index (χ0) is 19.4. The first kappa shape index (κ1) is 19.2. The third-order valence-electron chi connectivity index (χ3n) is 4.29. The number of carbonyl (C=O) groups is 2. The normalized spacial score (nSPS) is 13.6. The summed E-state index contributed by atoms with van der Waals surface area (Å²) in [5.74, 6) is -1.42. The van der Waals surface area contributed by atoms with Crippen molar-refractivity contribution in [2.75, 3.05) is 11.9 Å². The summed E-state index contributed by atoms with van der Waals surface area (Å²) in [5.41, 5.74) is 2.50. The summed E-state index contributed by atoms with van der Waals surface area (Å²) in [6.45, 7) is 1.09. The van der Waals surface area contributed by atoms with Crippen molar-refractivity contribution in [1.29, 1.82) is 0 Å². The third-order valence-corrected chi connectivity index (χ3v) is 4.53. The van der Waals surface area contributed by atoms with Crippen LogP contribution in [-0.2, 0) is 27.2 Å². The number of fused-ring (bicyclic) bond motifs is 1. The maximum Gasteiger partial charge on any atom is 0.344 e. The van der Waals surface area contributed by atoms with Crippen molar-refractivity contribution < 1.29 is 23.5 Å². The van der Waals surface area contributed by atoms with E-state index in [4.69, 9.17) is 21.1 Å². The molecular formula is C20H19ClFNO4. The van der Waals surface area contributed by atoms with E-state index in [0.717, 1.165) is 25.3 Å². The van der Waals surface area contributed by atoms with Gasteiger partial charge in [-0.05, 0) is 67.6 Å². The topological polar surface area (TPSA) is 64.6 Å². The van der Waals surface area contributed by atoms with Gasteiger partial charge >= 0.3 is 5.97 Å². The van der Waals surface area contributed by atoms with Crippen molar-refractivity contribution >= 4 is 29.2 Å². The van der Waals surface area contributed by atoms with Crippen LogP contribution in [-0.4, -0.2) is 24.6 Å². The average Bonchev–Trinajstić information content (AvgIpc) is 3.10. The van der Waals surface area contributed by atoms with E-state index < -0.39 is 23.8 Å². The second-order valence-corrected chi connectivity index (χ2v) is 6.75. The summed E-state index contributed by atoms with van der Waals surface area (Å²) < 4.78 is 24.2. The van der Waals surface area contributed by atoms with Gasteiger partial charge < -0.3 is 14.8 Å². The molecule has 0 fully saturated rings. The van der Waals surface area contributed by atoms with Crippen LogP contribution in [0.1, 0.15) is 24.5 Å². The van der Waals surface area contributed by atoms with E-state index in [0.29, 0.717) is 5.75 Å². The van der Waals surface area contributed by atoms with Crippen LogP contribution >= 0.6 is 11.6 Å². The van der Waals surface area contributed by atoms with Crippen molar-refractivity contribution in [3.05, 3.63) is 58.4 Å². The zero-order valence-electron chi connectivity index (χ0n) is 14.8. The van der Waals surface area contributed by atoms with Crippen LogP contribution in [0.2, 0.25) is 5.02 Å². The largest absolute Gasteiger partial charge is 0.482 e. The van der Waals surface area contributed by atoms with Crippen LogP contribution in [0, 0.1) is 5.82 Å². The van der Waals surface area contributed by atoms with E-state index in [9.17, 15) is 14.0 Å². The number of hydrogen-bond acceptors (Lipinski definition) is 4. The highest BCUT2D eigenvalue weighted by atomic mass is 35.5. The molecule has 1 N–H and O–H groups in total. The number of hydrogen-bond donors (Lipinski definition) is 1. The molecule has 5 nitrogen and oxygen atoms in total. The molecule has 0 bridgehead atoms. The molecule has 0 aliphatic heterocycles. The van der Waals surface area contributed by atoms with Crippen LogP contribution in [0.25, 0.3) is 0 Å². The molecule has 0 unspecified atom stereocenters. The lowest BCUT2D eigenvalue weighted by atomic mass is 10.1. The first-order chi connectivity index (χ1) is 12.9. The lowest BCUT2D eigenvalue weighted by Crippen LogP contribution is -2.32. The van der Waals surface area contributed by atoms with Crippen molar-refractivity contribution in [1.82, 2.24) is 0 Å². The van der Waals surface area contributed by atoms with Crippen molar-refractivity contribution in [2.45, 2.75) is 32.3 Å². The second-order valence-electron chi connectivity index (χ2n) is 6.32. The number of rotatable bonds is 6. The Labute approximate surface area is 161 Å². The van der Waals surface area contributed by atoms with E-state index in [2.05, 4.69) is 5.32 Å². The van der Waals surface area contributed by atoms with Gasteiger partial charge in [0.05, 0.1) is 5.69 Å². The molecule has 2 aromatic carbocycles. The molecule has 0 spiro atoms. The van der Waals surface area contributed by atoms with Gasteiger partial charge in [0.15, 0.2) is 12.7 Å². The van der Waals surface area contributed by atoms with Crippen LogP contribution in [0.3, 0.4) is 0 Å². The molecule has 1 aliphatic carbocycles. The first-order valence-corrected chi connectivity index (χ1v) is 9.00. The summed E-state index contributed by atoms with van der Waals surface area (Å²) in [7, 11) is 0. The molecule has 2 aromatic rings. The highest BCUT2D eigenvalue weighted by Crippen LogP contribution is 2.26. The summed E-state index contributed by atoms with van der Waals surface area (Å²) in [5, 5.41) is 2.57. The number of amides is 1. The maximum atomic E-state index is 13.7. The zero-order valence-corrected chi connectivity index (χ0v) is 15.5. The number of ether oxygens (including phenoxy) is 2. The Morgan fingerprint density at radius 3 is 2.74 bits per heavy atom. The summed E-state index contributed by atoms with van der Waals surface area (Å²) in [6, 6.07) is 9.60. The molecule has 0 aromatic heterocycles. The van der Waals surface area contributed by atoms with E-state index in [1.54, 1.807) is 0 Å². The van der Waals surface area contributed by atoms with Gasteiger partial charge in [0.25, 0.3) is 5.91 Å². The number of carbonyl (C=O) groups excluding carboxylic acids is 2. The number of nitrogens with one attached hydrogen (secondary N) is 1. The fourth-order valence-corrected chi connectivity index (χ4v) is 3.05. The number of esters is 1. The summed E-state index contributed by atoms with van der Waals surface area (Å²) in [4.78, 5) is 24.0. The Balaban J connectivity index is 1.48. The molecule has 1 aliphatic rings. The second kappa shape index (κ2) is 8.39. The Hall–Kier alpha value is -2.60. The van der Waals surface area contributed by atoms with E-state index in [-0.39, 0.29) is 17.3 Å². The quantitative estimate of drug-likeness (QED) is 0.758. The van der Waals surface area contributed by atoms with Gasteiger partial charge in [-0.15, -0.1) is 0 Å². The molecule has 0 heterocycles. The SMILES string of the molecule is C[C@@H](OC(=O)COc1ccc2c(c1)CCC2)C(=O)Nc1ccc(Cl)cc1F. The number of halogens is 2. The molecular weight excluding hydrogens is 373 g/mol. The molecule has 142 valence electrons. The standard InChI is InChI=1S/C20H19ClFNO4/c1-12(20(25)23-18-8-6-15(21)10-17(18)22)27-19(24)11-26-16-7-5-13-3-2-4-14(13)9-16/h5-10,12H,2-4,11H2,1H3,(H,23,25)/t12-/m1/s1. The van der Waals surface area contributed by atoms with E-state index in [1.165, 1.54) is 30.2 Å². The van der Waals surface area contributed by atoms with Gasteiger partial charge in [0.2, 0.25) is 0 Å². The van der Waals surface area contributed by atoms with Crippen LogP contribution in [0.15, 0.2) is 36.4 Å². The maximum absolute atomic E-state index is 13.7. The highest BCUT2D eigenvalue weighted by Gasteiger charge is 2.20. The third kappa shape index (κ3) is 4.98. The Morgan fingerprint density at radius 2 is 1.96 bits per heavy atom. The lowest BCUT2D eigenvalue weighted by Gasteiger charge is -2.14. The number of aryl methyl sites for hydroxylation is 2. The fraction of sp³-hybridized carbons (Fsp3) is 0.300. The van der Waals surface area contributed by atoms with Gasteiger partial charge in [0, 0.05) is 5.02 Å². The average molecular weight is 392 g/mol. The molecule has 7 heteroatoms. The Bertz CT molecular complexity index is 871. The van der Waals surface area contributed by atoms with Gasteiger partial charge in [0.1, 0.15) is 11.6 Å². The van der Waals surface area contributed by atoms with Gasteiger partial charge in [-0.1, -0.05) is 17.7 Å². The van der Waals surface area contributed by atoms with Gasteiger partial charge in [-0.25, -0.2) is 9.18 Å². The molecule has 1 atom stereocenters. The minimum absolute atomic E-state index is 0.0401. The predicted octanol–water partition coefficient (Wildman–Crippen LogP) is 3.92. The molecule has 27 heavy (non-hydrogen) atoms. The Morgan fingerprint density at radius 1 is 1.19 bits per heavy atom. The minimum Gasteiger partial charge on any atom is -0.482 e. The van der Waals surface area contributed by atoms with Gasteiger partial charge in [-0.3, -0.25) is 4.79 Å². The van der Waals surface area contributed by atoms with Crippen molar-refractivity contribution in [3.8, 4) is 5.75 Å². The van der Waals surface area contributed by atoms with Crippen molar-refractivity contribution in [2.24, 2.45) is 0 Å². The minimum atomic E-state index is -1.10. The number of benzene rings is 2. The smallest absolute Gasteiger partial charge is 0.344 e. The Kier molecular flexibility index (Phi) is 5.96. The van der Waals surface area contributed by atoms with E-state index >= 15 is 0 Å². The predicted molar refractivity (Wildman–Crippen MR) is 99.6 cm³/mol. The first-order valence-electron chi connectivity index (χ1n) is 8.62. The summed E-state index contributed by atoms with van der Waals surface area (Å²) in [6.07, 6.45) is 2.10. The molecule has 0 saturated carbocycles. The van der Waals surface area contributed by atoms with Crippen LogP contribution in [0.4, 0.5) is 10.1 Å². The van der Waals surface area contributed by atoms with Crippen LogP contribution < -0.4 is 10.1 Å². The fourth-order valence-electron chi connectivity index (χ4n) is 2.89. The van der Waals surface area contributed by atoms with Gasteiger partial charge in [-0.2, -0.15) is 0 Å². The van der Waals surface area contributed by atoms with Crippen molar-refractivity contribution in [3.63, 3.8) is 0 Å². The van der Waals surface area contributed by atoms with Crippen LogP contribution in [0.5, 0.6) is 5.75 Å². The highest BCUT2D eigenvalue weighted by molar-refractivity contribution is 6.30. The van der Waals surface area contributed by atoms with E-state index in [1.807, 2.05) is 18.2 Å². The molecule has 1 amide bonds. The summed E-state index contributed by atoms with van der Waals surface area (Å²) >= 11 is 5.67.